The third-order valence-electron chi connectivity index (χ3n) is 4.01. The number of primary amides is 1. The summed E-state index contributed by atoms with van der Waals surface area (Å²) in [5.41, 5.74) is 5.82. The number of fused-ring (bicyclic) bond motifs is 2. The maximum Gasteiger partial charge on any atom is 0.266 e. The minimum atomic E-state index is -3.82. The molecule has 0 saturated carbocycles. The van der Waals surface area contributed by atoms with Gasteiger partial charge in [-0.25, -0.2) is 8.42 Å². The molecule has 4 rings (SSSR count). The number of ether oxygens (including phenoxy) is 1. The first kappa shape index (κ1) is 14.2. The maximum atomic E-state index is 12.9. The van der Waals surface area contributed by atoms with Crippen molar-refractivity contribution in [2.45, 2.75) is 17.1 Å². The second-order valence-corrected chi connectivity index (χ2v) is 8.21. The summed E-state index contributed by atoms with van der Waals surface area (Å²) in [7, 11) is -3.82. The van der Waals surface area contributed by atoms with Crippen LogP contribution in [0.25, 0.3) is 10.9 Å². The third kappa shape index (κ3) is 2.00. The van der Waals surface area contributed by atoms with Crippen LogP contribution in [-0.4, -0.2) is 48.9 Å². The standard InChI is InChI=1S/C13H12BrN3O4S/c14-6-1-2-8-7(3-6)12(11(16-8)13(15)18)22(19,20)17-4-9-10(5-17)21-9/h1-3,9-10,16H,4-5H2,(H2,15,18). The molecule has 7 nitrogen and oxygen atoms in total. The van der Waals surface area contributed by atoms with Gasteiger partial charge in [-0.1, -0.05) is 15.9 Å². The topological polar surface area (TPSA) is 109 Å². The highest BCUT2D eigenvalue weighted by atomic mass is 79.9. The van der Waals surface area contributed by atoms with Gasteiger partial charge in [-0.3, -0.25) is 4.79 Å². The molecule has 116 valence electrons. The van der Waals surface area contributed by atoms with E-state index in [0.29, 0.717) is 24.0 Å². The molecule has 2 fully saturated rings. The van der Waals surface area contributed by atoms with Crippen LogP contribution in [0.1, 0.15) is 10.5 Å². The first-order chi connectivity index (χ1) is 10.4. The van der Waals surface area contributed by atoms with Crippen LogP contribution in [0.15, 0.2) is 27.6 Å². The first-order valence-electron chi connectivity index (χ1n) is 6.64. The number of hydrogen-bond acceptors (Lipinski definition) is 4. The van der Waals surface area contributed by atoms with Gasteiger partial charge in [0.15, 0.2) is 0 Å². The molecule has 0 spiro atoms. The minimum Gasteiger partial charge on any atom is -0.367 e. The van der Waals surface area contributed by atoms with Gasteiger partial charge in [0, 0.05) is 28.5 Å². The number of nitrogens with one attached hydrogen (secondary N) is 1. The Hall–Kier alpha value is -1.42. The Morgan fingerprint density at radius 2 is 2.05 bits per heavy atom. The van der Waals surface area contributed by atoms with Gasteiger partial charge in [-0.05, 0) is 18.2 Å². The fourth-order valence-electron chi connectivity index (χ4n) is 2.88. The van der Waals surface area contributed by atoms with Gasteiger partial charge in [0.2, 0.25) is 10.0 Å². The number of aromatic amines is 1. The largest absolute Gasteiger partial charge is 0.367 e. The normalized spacial score (nSPS) is 24.6. The number of H-pyrrole nitrogens is 1. The maximum absolute atomic E-state index is 12.9. The molecule has 0 aliphatic carbocycles. The summed E-state index contributed by atoms with van der Waals surface area (Å²) in [6.07, 6.45) is -0.0486. The highest BCUT2D eigenvalue weighted by molar-refractivity contribution is 9.10. The van der Waals surface area contributed by atoms with Gasteiger partial charge < -0.3 is 15.5 Å². The molecule has 2 saturated heterocycles. The lowest BCUT2D eigenvalue weighted by molar-refractivity contribution is 0.0993. The average Bonchev–Trinajstić information content (AvgIpc) is 2.90. The van der Waals surface area contributed by atoms with E-state index in [2.05, 4.69) is 20.9 Å². The first-order valence-corrected chi connectivity index (χ1v) is 8.88. The van der Waals surface area contributed by atoms with E-state index in [1.807, 2.05) is 0 Å². The number of amides is 1. The molecule has 2 atom stereocenters. The fourth-order valence-corrected chi connectivity index (χ4v) is 5.04. The van der Waals surface area contributed by atoms with Crippen molar-refractivity contribution in [3.05, 3.63) is 28.4 Å². The Bertz CT molecular complexity index is 897. The summed E-state index contributed by atoms with van der Waals surface area (Å²) in [6, 6.07) is 5.13. The summed E-state index contributed by atoms with van der Waals surface area (Å²) in [5, 5.41) is 0.449. The molecular formula is C13H12BrN3O4S. The summed E-state index contributed by atoms with van der Waals surface area (Å²) in [5.74, 6) is -0.800. The van der Waals surface area contributed by atoms with E-state index >= 15 is 0 Å². The van der Waals surface area contributed by atoms with Gasteiger partial charge in [-0.2, -0.15) is 4.31 Å². The van der Waals surface area contributed by atoms with E-state index in [1.54, 1.807) is 18.2 Å². The molecule has 2 unspecified atom stereocenters. The Morgan fingerprint density at radius 3 is 2.68 bits per heavy atom. The SMILES string of the molecule is NC(=O)c1[nH]c2ccc(Br)cc2c1S(=O)(=O)N1CC2OC2C1. The van der Waals surface area contributed by atoms with Crippen LogP contribution < -0.4 is 5.73 Å². The third-order valence-corrected chi connectivity index (χ3v) is 6.42. The van der Waals surface area contributed by atoms with Crippen LogP contribution in [0.2, 0.25) is 0 Å². The molecule has 9 heteroatoms. The molecule has 1 aromatic carbocycles. The highest BCUT2D eigenvalue weighted by Crippen LogP contribution is 2.37. The van der Waals surface area contributed by atoms with E-state index in [1.165, 1.54) is 4.31 Å². The number of carbonyl (C=O) groups is 1. The summed E-state index contributed by atoms with van der Waals surface area (Å²) in [6.45, 7) is 0.623. The molecule has 1 aromatic heterocycles. The average molecular weight is 386 g/mol. The van der Waals surface area contributed by atoms with Crippen molar-refractivity contribution < 1.29 is 17.9 Å². The predicted octanol–water partition coefficient (Wildman–Crippen LogP) is 0.801. The Morgan fingerprint density at radius 1 is 1.36 bits per heavy atom. The van der Waals surface area contributed by atoms with Crippen molar-refractivity contribution in [3.63, 3.8) is 0 Å². The van der Waals surface area contributed by atoms with Crippen molar-refractivity contribution in [3.8, 4) is 0 Å². The van der Waals surface area contributed by atoms with E-state index < -0.39 is 15.9 Å². The number of nitrogens with two attached hydrogens (primary N) is 1. The number of epoxide rings is 1. The number of hydrogen-bond donors (Lipinski definition) is 2. The molecule has 2 aromatic rings. The van der Waals surface area contributed by atoms with Crippen LogP contribution in [0.4, 0.5) is 0 Å². The number of aromatic nitrogens is 1. The lowest BCUT2D eigenvalue weighted by Crippen LogP contribution is -2.33. The second kappa shape index (κ2) is 4.54. The highest BCUT2D eigenvalue weighted by Gasteiger charge is 2.51. The number of sulfonamides is 1. The number of nitrogens with zero attached hydrogens (tertiary/aromatic N) is 1. The van der Waals surface area contributed by atoms with Crippen LogP contribution in [0.5, 0.6) is 0 Å². The van der Waals surface area contributed by atoms with Crippen LogP contribution >= 0.6 is 15.9 Å². The molecular weight excluding hydrogens is 374 g/mol. The van der Waals surface area contributed by atoms with Crippen LogP contribution in [0, 0.1) is 0 Å². The number of benzene rings is 1. The van der Waals surface area contributed by atoms with Crippen molar-refractivity contribution in [2.75, 3.05) is 13.1 Å². The quantitative estimate of drug-likeness (QED) is 0.761. The zero-order chi connectivity index (χ0) is 15.6. The van der Waals surface area contributed by atoms with Crippen molar-refractivity contribution in [2.24, 2.45) is 5.73 Å². The summed E-state index contributed by atoms with van der Waals surface area (Å²) < 4.78 is 33.2. The van der Waals surface area contributed by atoms with Gasteiger partial charge >= 0.3 is 0 Å². The lowest BCUT2D eigenvalue weighted by Gasteiger charge is -2.17. The molecule has 0 bridgehead atoms. The van der Waals surface area contributed by atoms with E-state index in [-0.39, 0.29) is 22.8 Å². The van der Waals surface area contributed by atoms with Crippen molar-refractivity contribution in [1.82, 2.24) is 9.29 Å². The van der Waals surface area contributed by atoms with Gasteiger partial charge in [0.1, 0.15) is 10.6 Å². The van der Waals surface area contributed by atoms with Crippen LogP contribution in [0.3, 0.4) is 0 Å². The van der Waals surface area contributed by atoms with Crippen molar-refractivity contribution >= 4 is 42.8 Å². The van der Waals surface area contributed by atoms with E-state index in [0.717, 1.165) is 4.47 Å². The molecule has 3 heterocycles. The number of carbonyl (C=O) groups excluding carboxylic acids is 1. The molecule has 0 radical (unpaired) electrons. The van der Waals surface area contributed by atoms with Gasteiger partial charge in [0.25, 0.3) is 5.91 Å². The van der Waals surface area contributed by atoms with Crippen molar-refractivity contribution in [1.29, 1.82) is 0 Å². The summed E-state index contributed by atoms with van der Waals surface area (Å²) >= 11 is 3.32. The molecule has 22 heavy (non-hydrogen) atoms. The van der Waals surface area contributed by atoms with E-state index in [4.69, 9.17) is 10.5 Å². The van der Waals surface area contributed by atoms with Crippen LogP contribution in [-0.2, 0) is 14.8 Å². The molecule has 1 amide bonds. The number of halogens is 1. The minimum absolute atomic E-state index is 0.0243. The monoisotopic (exact) mass is 385 g/mol. The Balaban J connectivity index is 1.93. The number of rotatable bonds is 3. The zero-order valence-electron chi connectivity index (χ0n) is 11.2. The zero-order valence-corrected chi connectivity index (χ0v) is 13.6. The Labute approximate surface area is 134 Å². The summed E-state index contributed by atoms with van der Waals surface area (Å²) in [4.78, 5) is 14.4. The van der Waals surface area contributed by atoms with Gasteiger partial charge in [-0.15, -0.1) is 0 Å². The fraction of sp³-hybridized carbons (Fsp3) is 0.308. The predicted molar refractivity (Wildman–Crippen MR) is 81.9 cm³/mol. The van der Waals surface area contributed by atoms with Gasteiger partial charge in [0.05, 0.1) is 12.2 Å². The second-order valence-electron chi connectivity index (χ2n) is 5.42. The molecule has 3 N–H and O–H groups in total. The van der Waals surface area contributed by atoms with E-state index in [9.17, 15) is 13.2 Å². The Kier molecular flexibility index (Phi) is 2.93. The smallest absolute Gasteiger partial charge is 0.266 e. The number of morpholine rings is 1. The molecule has 2 aliphatic rings. The molecule has 2 aliphatic heterocycles. The lowest BCUT2D eigenvalue weighted by atomic mass is 10.2.